The lowest BCUT2D eigenvalue weighted by Crippen LogP contribution is -2.11. The Hall–Kier alpha value is -2.95. The van der Waals surface area contributed by atoms with E-state index < -0.39 is 5.97 Å². The van der Waals surface area contributed by atoms with Crippen molar-refractivity contribution >= 4 is 12.0 Å². The second-order valence-electron chi connectivity index (χ2n) is 5.90. The molecule has 0 radical (unpaired) electrons. The number of carbonyl (C=O) groups is 1. The molecular formula is C21H24O5. The van der Waals surface area contributed by atoms with E-state index in [4.69, 9.17) is 19.3 Å². The molecule has 0 unspecified atom stereocenters. The van der Waals surface area contributed by atoms with Gasteiger partial charge in [-0.3, -0.25) is 0 Å². The molecule has 0 aliphatic rings. The third-order valence-corrected chi connectivity index (χ3v) is 4.08. The number of carboxylic acid groups (broad SMARTS) is 1. The van der Waals surface area contributed by atoms with Gasteiger partial charge >= 0.3 is 5.97 Å². The maximum absolute atomic E-state index is 10.8. The molecule has 0 aromatic heterocycles. The average Bonchev–Trinajstić information content (AvgIpc) is 2.62. The van der Waals surface area contributed by atoms with Gasteiger partial charge in [0.15, 0.2) is 11.5 Å². The van der Waals surface area contributed by atoms with Crippen molar-refractivity contribution in [1.29, 1.82) is 0 Å². The maximum Gasteiger partial charge on any atom is 0.328 e. The number of methoxy groups -OCH3 is 1. The van der Waals surface area contributed by atoms with Gasteiger partial charge in [0.05, 0.1) is 7.11 Å². The van der Waals surface area contributed by atoms with Crippen LogP contribution in [-0.4, -0.2) is 31.4 Å². The first kappa shape index (κ1) is 19.4. The number of ether oxygens (including phenoxy) is 3. The number of rotatable bonds is 8. The smallest absolute Gasteiger partial charge is 0.328 e. The Kier molecular flexibility index (Phi) is 6.67. The van der Waals surface area contributed by atoms with E-state index >= 15 is 0 Å². The molecule has 0 saturated carbocycles. The minimum atomic E-state index is -1.02. The summed E-state index contributed by atoms with van der Waals surface area (Å²) in [4.78, 5) is 10.8. The molecule has 0 saturated heterocycles. The van der Waals surface area contributed by atoms with Gasteiger partial charge in [0.1, 0.15) is 19.0 Å². The van der Waals surface area contributed by atoms with Crippen molar-refractivity contribution in [2.24, 2.45) is 0 Å². The molecule has 0 aliphatic heterocycles. The van der Waals surface area contributed by atoms with Gasteiger partial charge < -0.3 is 19.3 Å². The summed E-state index contributed by atoms with van der Waals surface area (Å²) in [5.74, 6) is 0.890. The topological polar surface area (TPSA) is 65.0 Å². The second kappa shape index (κ2) is 8.94. The maximum atomic E-state index is 10.8. The number of aryl methyl sites for hydroxylation is 2. The van der Waals surface area contributed by atoms with Gasteiger partial charge in [-0.15, -0.1) is 0 Å². The predicted octanol–water partition coefficient (Wildman–Crippen LogP) is 4.18. The zero-order valence-corrected chi connectivity index (χ0v) is 15.5. The van der Waals surface area contributed by atoms with Crippen LogP contribution >= 0.6 is 0 Å². The standard InChI is InChI=1S/C21H24O5/c1-14-8-9-15(2)20(16(14)3)25-12-13-26-21-17(10-11-19(22)23)6-5-7-18(21)24-4/h5-11H,12-13H2,1-4H3,(H,22,23). The summed E-state index contributed by atoms with van der Waals surface area (Å²) in [6.45, 7) is 6.77. The number of para-hydroxylation sites is 1. The zero-order chi connectivity index (χ0) is 19.1. The molecule has 0 fully saturated rings. The molecule has 138 valence electrons. The highest BCUT2D eigenvalue weighted by Gasteiger charge is 2.10. The fraction of sp³-hybridized carbons (Fsp3) is 0.286. The summed E-state index contributed by atoms with van der Waals surface area (Å²) in [6, 6.07) is 9.43. The van der Waals surface area contributed by atoms with Crippen LogP contribution < -0.4 is 14.2 Å². The number of aliphatic carboxylic acids is 1. The molecule has 26 heavy (non-hydrogen) atoms. The van der Waals surface area contributed by atoms with Crippen LogP contribution in [0, 0.1) is 20.8 Å². The third-order valence-electron chi connectivity index (χ3n) is 4.08. The summed E-state index contributed by atoms with van der Waals surface area (Å²) < 4.78 is 17.0. The normalized spacial score (nSPS) is 10.8. The zero-order valence-electron chi connectivity index (χ0n) is 15.5. The van der Waals surface area contributed by atoms with Crippen molar-refractivity contribution in [1.82, 2.24) is 0 Å². The van der Waals surface area contributed by atoms with Crippen LogP contribution in [0.5, 0.6) is 17.2 Å². The summed E-state index contributed by atoms with van der Waals surface area (Å²) in [6.07, 6.45) is 2.55. The lowest BCUT2D eigenvalue weighted by atomic mass is 10.1. The van der Waals surface area contributed by atoms with E-state index in [1.807, 2.05) is 26.8 Å². The Bertz CT molecular complexity index is 808. The highest BCUT2D eigenvalue weighted by molar-refractivity contribution is 5.86. The number of carboxylic acids is 1. The minimum Gasteiger partial charge on any atom is -0.493 e. The monoisotopic (exact) mass is 356 g/mol. The molecule has 5 heteroatoms. The third kappa shape index (κ3) is 4.79. The van der Waals surface area contributed by atoms with Gasteiger partial charge in [-0.05, 0) is 49.6 Å². The van der Waals surface area contributed by atoms with Crippen LogP contribution in [0.25, 0.3) is 6.08 Å². The highest BCUT2D eigenvalue weighted by Crippen LogP contribution is 2.32. The molecule has 2 aromatic rings. The largest absolute Gasteiger partial charge is 0.493 e. The van der Waals surface area contributed by atoms with Crippen LogP contribution in [0.1, 0.15) is 22.3 Å². The summed E-state index contributed by atoms with van der Waals surface area (Å²) >= 11 is 0. The first-order chi connectivity index (χ1) is 12.4. The number of hydrogen-bond donors (Lipinski definition) is 1. The van der Waals surface area contributed by atoms with Crippen LogP contribution in [0.4, 0.5) is 0 Å². The van der Waals surface area contributed by atoms with E-state index in [9.17, 15) is 4.79 Å². The molecule has 5 nitrogen and oxygen atoms in total. The lowest BCUT2D eigenvalue weighted by molar-refractivity contribution is -0.131. The molecular weight excluding hydrogens is 332 g/mol. The molecule has 0 atom stereocenters. The van der Waals surface area contributed by atoms with Crippen molar-refractivity contribution in [3.8, 4) is 17.2 Å². The molecule has 2 rings (SSSR count). The van der Waals surface area contributed by atoms with E-state index in [1.54, 1.807) is 25.3 Å². The van der Waals surface area contributed by atoms with E-state index in [0.717, 1.165) is 23.0 Å². The van der Waals surface area contributed by atoms with Crippen molar-refractivity contribution in [2.45, 2.75) is 20.8 Å². The van der Waals surface area contributed by atoms with Gasteiger partial charge in [-0.25, -0.2) is 4.79 Å². The SMILES string of the molecule is COc1cccc(C=CC(=O)O)c1OCCOc1c(C)ccc(C)c1C. The molecule has 1 N–H and O–H groups in total. The van der Waals surface area contributed by atoms with Gasteiger partial charge in [0.25, 0.3) is 0 Å². The fourth-order valence-electron chi connectivity index (χ4n) is 2.58. The molecule has 0 spiro atoms. The lowest BCUT2D eigenvalue weighted by Gasteiger charge is -2.16. The average molecular weight is 356 g/mol. The minimum absolute atomic E-state index is 0.307. The first-order valence-electron chi connectivity index (χ1n) is 8.34. The van der Waals surface area contributed by atoms with Crippen LogP contribution in [0.3, 0.4) is 0 Å². The molecule has 0 heterocycles. The Balaban J connectivity index is 2.08. The fourth-order valence-corrected chi connectivity index (χ4v) is 2.58. The van der Waals surface area contributed by atoms with Crippen molar-refractivity contribution in [3.63, 3.8) is 0 Å². The van der Waals surface area contributed by atoms with Crippen LogP contribution in [-0.2, 0) is 4.79 Å². The van der Waals surface area contributed by atoms with E-state index in [0.29, 0.717) is 30.3 Å². The molecule has 2 aromatic carbocycles. The molecule has 0 amide bonds. The van der Waals surface area contributed by atoms with Crippen LogP contribution in [0.15, 0.2) is 36.4 Å². The van der Waals surface area contributed by atoms with Crippen molar-refractivity contribution < 1.29 is 24.1 Å². The second-order valence-corrected chi connectivity index (χ2v) is 5.90. The van der Waals surface area contributed by atoms with Gasteiger partial charge in [-0.1, -0.05) is 24.3 Å². The Labute approximate surface area is 153 Å². The summed E-state index contributed by atoms with van der Waals surface area (Å²) in [7, 11) is 1.54. The number of hydrogen-bond acceptors (Lipinski definition) is 4. The predicted molar refractivity (Wildman–Crippen MR) is 101 cm³/mol. The quantitative estimate of drug-likeness (QED) is 0.568. The summed E-state index contributed by atoms with van der Waals surface area (Å²) in [5, 5.41) is 8.83. The van der Waals surface area contributed by atoms with Gasteiger partial charge in [0.2, 0.25) is 0 Å². The summed E-state index contributed by atoms with van der Waals surface area (Å²) in [5.41, 5.74) is 4.01. The van der Waals surface area contributed by atoms with Crippen molar-refractivity contribution in [3.05, 3.63) is 58.7 Å². The Morgan fingerprint density at radius 2 is 1.65 bits per heavy atom. The van der Waals surface area contributed by atoms with E-state index in [-0.39, 0.29) is 0 Å². The Morgan fingerprint density at radius 3 is 2.31 bits per heavy atom. The number of benzene rings is 2. The highest BCUT2D eigenvalue weighted by atomic mass is 16.5. The van der Waals surface area contributed by atoms with Gasteiger partial charge in [-0.2, -0.15) is 0 Å². The molecule has 0 aliphatic carbocycles. The van der Waals surface area contributed by atoms with E-state index in [2.05, 4.69) is 6.07 Å². The Morgan fingerprint density at radius 1 is 1.00 bits per heavy atom. The van der Waals surface area contributed by atoms with E-state index in [1.165, 1.54) is 11.6 Å². The first-order valence-corrected chi connectivity index (χ1v) is 8.34. The van der Waals surface area contributed by atoms with Gasteiger partial charge in [0, 0.05) is 11.6 Å². The molecule has 0 bridgehead atoms. The van der Waals surface area contributed by atoms with Crippen LogP contribution in [0.2, 0.25) is 0 Å². The van der Waals surface area contributed by atoms with Crippen molar-refractivity contribution in [2.75, 3.05) is 20.3 Å².